The molecule has 0 bridgehead atoms. The normalized spacial score (nSPS) is 12.4. The summed E-state index contributed by atoms with van der Waals surface area (Å²) in [5, 5.41) is 20.1. The van der Waals surface area contributed by atoms with Gasteiger partial charge in [-0.15, -0.1) is 0 Å². The number of unbranched alkanes of at least 4 members (excludes halogenated alkanes) is 1. The zero-order chi connectivity index (χ0) is 27.5. The smallest absolute Gasteiger partial charge is 0.320 e. The lowest BCUT2D eigenvalue weighted by atomic mass is 10.1. The Labute approximate surface area is 230 Å². The monoisotopic (exact) mass is 602 g/mol. The number of hydrogen-bond acceptors (Lipinski definition) is 8. The van der Waals surface area contributed by atoms with E-state index >= 15 is 0 Å². The van der Waals surface area contributed by atoms with Crippen molar-refractivity contribution in [3.8, 4) is 0 Å². The van der Waals surface area contributed by atoms with Crippen molar-refractivity contribution in [1.82, 2.24) is 21.3 Å². The molecule has 1 aromatic carbocycles. The number of rotatable bonds is 20. The van der Waals surface area contributed by atoms with E-state index in [1.807, 2.05) is 24.3 Å². The highest BCUT2D eigenvalue weighted by molar-refractivity contribution is 9.10. The molecule has 1 aromatic rings. The molecule has 2 atom stereocenters. The summed E-state index contributed by atoms with van der Waals surface area (Å²) in [6, 6.07) is 5.71. The van der Waals surface area contributed by atoms with E-state index in [0.29, 0.717) is 18.8 Å². The minimum Gasteiger partial charge on any atom is -0.480 e. The van der Waals surface area contributed by atoms with Crippen molar-refractivity contribution in [2.75, 3.05) is 38.5 Å². The molecule has 0 unspecified atom stereocenters. The molecule has 37 heavy (non-hydrogen) atoms. The Balaban J connectivity index is 2.48. The molecular formula is C24H39BrN6O5S. The molecule has 0 fully saturated rings. The van der Waals surface area contributed by atoms with Crippen LogP contribution in [0.25, 0.3) is 0 Å². The molecule has 0 heterocycles. The SMILES string of the molecule is NCCCCNCCCNC(=O)CNC(=O)[C@H](CSCc1ccc(Br)cc1)NC(=O)CC[C@H](N)C(=O)O. The number of nitrogens with two attached hydrogens (primary N) is 2. The van der Waals surface area contributed by atoms with Gasteiger partial charge in [0.1, 0.15) is 12.1 Å². The van der Waals surface area contributed by atoms with E-state index < -0.39 is 29.9 Å². The molecule has 0 aliphatic rings. The van der Waals surface area contributed by atoms with Gasteiger partial charge in [0.05, 0.1) is 6.54 Å². The Bertz CT molecular complexity index is 845. The Morgan fingerprint density at radius 3 is 2.35 bits per heavy atom. The zero-order valence-corrected chi connectivity index (χ0v) is 23.4. The highest BCUT2D eigenvalue weighted by Crippen LogP contribution is 2.16. The summed E-state index contributed by atoms with van der Waals surface area (Å²) in [5.74, 6) is -1.59. The molecular weight excluding hydrogens is 564 g/mol. The van der Waals surface area contributed by atoms with Crippen LogP contribution in [-0.4, -0.2) is 79.4 Å². The summed E-state index contributed by atoms with van der Waals surface area (Å²) in [5.41, 5.74) is 12.0. The second kappa shape index (κ2) is 19.9. The van der Waals surface area contributed by atoms with Crippen LogP contribution in [0.4, 0.5) is 0 Å². The van der Waals surface area contributed by atoms with E-state index in [4.69, 9.17) is 16.6 Å². The summed E-state index contributed by atoms with van der Waals surface area (Å²) < 4.78 is 0.961. The first-order chi connectivity index (χ1) is 17.7. The van der Waals surface area contributed by atoms with Gasteiger partial charge in [0.15, 0.2) is 0 Å². The molecule has 11 nitrogen and oxygen atoms in total. The summed E-state index contributed by atoms with van der Waals surface area (Å²) in [4.78, 5) is 48.1. The molecule has 0 spiro atoms. The highest BCUT2D eigenvalue weighted by Gasteiger charge is 2.22. The van der Waals surface area contributed by atoms with Crippen LogP contribution in [0.5, 0.6) is 0 Å². The van der Waals surface area contributed by atoms with Crippen LogP contribution in [0.3, 0.4) is 0 Å². The van der Waals surface area contributed by atoms with Gasteiger partial charge in [0, 0.05) is 28.9 Å². The van der Waals surface area contributed by atoms with Gasteiger partial charge in [-0.05, 0) is 63.0 Å². The van der Waals surface area contributed by atoms with Gasteiger partial charge in [0.2, 0.25) is 17.7 Å². The number of nitrogens with one attached hydrogen (secondary N) is 4. The van der Waals surface area contributed by atoms with Crippen LogP contribution in [0, 0.1) is 0 Å². The van der Waals surface area contributed by atoms with E-state index in [1.165, 1.54) is 11.8 Å². The third-order valence-corrected chi connectivity index (χ3v) is 6.84. The number of carboxylic acid groups (broad SMARTS) is 1. The number of carbonyl (C=O) groups is 4. The van der Waals surface area contributed by atoms with E-state index in [0.717, 1.165) is 42.4 Å². The molecule has 0 aliphatic heterocycles. The minimum atomic E-state index is -1.19. The van der Waals surface area contributed by atoms with Gasteiger partial charge in [-0.1, -0.05) is 28.1 Å². The van der Waals surface area contributed by atoms with E-state index in [-0.39, 0.29) is 31.0 Å². The Morgan fingerprint density at radius 1 is 0.973 bits per heavy atom. The average Bonchev–Trinajstić information content (AvgIpc) is 2.87. The van der Waals surface area contributed by atoms with Gasteiger partial charge in [-0.25, -0.2) is 0 Å². The van der Waals surface area contributed by atoms with Crippen molar-refractivity contribution >= 4 is 51.4 Å². The van der Waals surface area contributed by atoms with Crippen LogP contribution in [-0.2, 0) is 24.9 Å². The fourth-order valence-corrected chi connectivity index (χ4v) is 4.33. The first kappa shape index (κ1) is 32.8. The van der Waals surface area contributed by atoms with Crippen LogP contribution in [0.1, 0.15) is 37.7 Å². The number of thioether (sulfide) groups is 1. The third-order valence-electron chi connectivity index (χ3n) is 5.20. The number of halogens is 1. The number of aliphatic carboxylic acids is 1. The molecule has 9 N–H and O–H groups in total. The zero-order valence-electron chi connectivity index (χ0n) is 21.0. The van der Waals surface area contributed by atoms with E-state index in [1.54, 1.807) is 0 Å². The maximum atomic E-state index is 12.8. The molecule has 0 saturated heterocycles. The fraction of sp³-hybridized carbons (Fsp3) is 0.583. The maximum Gasteiger partial charge on any atom is 0.320 e. The number of carbonyl (C=O) groups excluding carboxylic acids is 3. The summed E-state index contributed by atoms with van der Waals surface area (Å²) in [6.07, 6.45) is 2.57. The molecule has 13 heteroatoms. The second-order valence-corrected chi connectivity index (χ2v) is 10.4. The van der Waals surface area contributed by atoms with Gasteiger partial charge in [0.25, 0.3) is 0 Å². The average molecular weight is 604 g/mol. The van der Waals surface area contributed by atoms with Crippen molar-refractivity contribution in [2.24, 2.45) is 11.5 Å². The third kappa shape index (κ3) is 16.3. The van der Waals surface area contributed by atoms with Crippen molar-refractivity contribution in [1.29, 1.82) is 0 Å². The number of benzene rings is 1. The maximum absolute atomic E-state index is 12.8. The fourth-order valence-electron chi connectivity index (χ4n) is 3.05. The first-order valence-electron chi connectivity index (χ1n) is 12.3. The van der Waals surface area contributed by atoms with Crippen LogP contribution in [0.15, 0.2) is 28.7 Å². The predicted octanol–water partition coefficient (Wildman–Crippen LogP) is 0.310. The molecule has 0 aromatic heterocycles. The lowest BCUT2D eigenvalue weighted by Gasteiger charge is -2.19. The van der Waals surface area contributed by atoms with E-state index in [2.05, 4.69) is 37.2 Å². The molecule has 0 saturated carbocycles. The van der Waals surface area contributed by atoms with Crippen molar-refractivity contribution in [3.63, 3.8) is 0 Å². The van der Waals surface area contributed by atoms with Gasteiger partial charge >= 0.3 is 5.97 Å². The van der Waals surface area contributed by atoms with Crippen LogP contribution in [0.2, 0.25) is 0 Å². The summed E-state index contributed by atoms with van der Waals surface area (Å²) >= 11 is 4.84. The lowest BCUT2D eigenvalue weighted by Crippen LogP contribution is -2.50. The van der Waals surface area contributed by atoms with Gasteiger partial charge in [-0.3, -0.25) is 19.2 Å². The highest BCUT2D eigenvalue weighted by atomic mass is 79.9. The largest absolute Gasteiger partial charge is 0.480 e. The topological polar surface area (TPSA) is 189 Å². The lowest BCUT2D eigenvalue weighted by molar-refractivity contribution is -0.138. The Kier molecular flexibility index (Phi) is 17.6. The van der Waals surface area contributed by atoms with E-state index in [9.17, 15) is 19.2 Å². The molecule has 0 aliphatic carbocycles. The van der Waals surface area contributed by atoms with Crippen molar-refractivity contribution in [3.05, 3.63) is 34.3 Å². The Morgan fingerprint density at radius 2 is 1.68 bits per heavy atom. The molecule has 1 rings (SSSR count). The number of carboxylic acids is 1. The minimum absolute atomic E-state index is 0.0498. The van der Waals surface area contributed by atoms with Crippen LogP contribution >= 0.6 is 27.7 Å². The van der Waals surface area contributed by atoms with Crippen molar-refractivity contribution in [2.45, 2.75) is 49.9 Å². The standard InChI is InChI=1S/C24H39BrN6O5S/c25-18-6-4-17(5-7-18)15-37-16-20(31-21(32)9-8-19(27)24(35)36)23(34)30-14-22(33)29-13-3-12-28-11-2-1-10-26/h4-7,19-20,28H,1-3,8-16,26-27H2,(H,29,33)(H,30,34)(H,31,32)(H,35,36)/t19-,20-/m0/s1. The Hall–Kier alpha value is -2.19. The van der Waals surface area contributed by atoms with Gasteiger partial charge in [-0.2, -0.15) is 11.8 Å². The van der Waals surface area contributed by atoms with Crippen molar-refractivity contribution < 1.29 is 24.3 Å². The summed E-state index contributed by atoms with van der Waals surface area (Å²) in [6.45, 7) is 2.60. The summed E-state index contributed by atoms with van der Waals surface area (Å²) in [7, 11) is 0. The first-order valence-corrected chi connectivity index (χ1v) is 14.2. The number of hydrogen-bond donors (Lipinski definition) is 7. The molecule has 3 amide bonds. The quantitative estimate of drug-likeness (QED) is 0.103. The predicted molar refractivity (Wildman–Crippen MR) is 149 cm³/mol. The number of amides is 3. The second-order valence-electron chi connectivity index (χ2n) is 8.41. The molecule has 0 radical (unpaired) electrons. The van der Waals surface area contributed by atoms with Crippen LogP contribution < -0.4 is 32.7 Å². The van der Waals surface area contributed by atoms with Gasteiger partial charge < -0.3 is 37.8 Å². The molecule has 208 valence electrons.